The fourth-order valence-corrected chi connectivity index (χ4v) is 1.77. The van der Waals surface area contributed by atoms with E-state index in [2.05, 4.69) is 0 Å². The minimum atomic E-state index is -4.47. The van der Waals surface area contributed by atoms with Gasteiger partial charge in [0.2, 0.25) is 0 Å². The molecule has 0 unspecified atom stereocenters. The minimum absolute atomic E-state index is 0.0547. The monoisotopic (exact) mass is 263 g/mol. The van der Waals surface area contributed by atoms with Crippen LogP contribution in [0.4, 0.5) is 17.6 Å². The normalized spacial score (nSPS) is 13.7. The Kier molecular flexibility index (Phi) is 5.14. The van der Waals surface area contributed by atoms with Gasteiger partial charge in [0, 0.05) is 11.6 Å². The smallest absolute Gasteiger partial charge is 0.324 e. The molecule has 1 aromatic carbocycles. The Bertz CT molecular complexity index is 387. The van der Waals surface area contributed by atoms with Crippen LogP contribution in [-0.2, 0) is 6.18 Å². The Balaban J connectivity index is 2.86. The van der Waals surface area contributed by atoms with Crippen LogP contribution in [0.15, 0.2) is 18.2 Å². The van der Waals surface area contributed by atoms with Crippen molar-refractivity contribution in [3.63, 3.8) is 0 Å². The first-order valence-electron chi connectivity index (χ1n) is 5.98. The minimum Gasteiger partial charge on any atom is -0.324 e. The lowest BCUT2D eigenvalue weighted by atomic mass is 9.98. The third-order valence-corrected chi connectivity index (χ3v) is 2.84. The van der Waals surface area contributed by atoms with E-state index in [1.165, 1.54) is 0 Å². The largest absolute Gasteiger partial charge is 0.416 e. The van der Waals surface area contributed by atoms with E-state index < -0.39 is 23.6 Å². The van der Waals surface area contributed by atoms with Gasteiger partial charge in [-0.2, -0.15) is 13.2 Å². The van der Waals surface area contributed by atoms with Crippen molar-refractivity contribution < 1.29 is 17.6 Å². The van der Waals surface area contributed by atoms with Crippen LogP contribution in [-0.4, -0.2) is 0 Å². The number of hydrogen-bond donors (Lipinski definition) is 1. The summed E-state index contributed by atoms with van der Waals surface area (Å²) in [6.07, 6.45) is -1.27. The molecule has 0 heterocycles. The maximum Gasteiger partial charge on any atom is 0.416 e. The second kappa shape index (κ2) is 6.18. The van der Waals surface area contributed by atoms with Crippen molar-refractivity contribution in [2.75, 3.05) is 0 Å². The SMILES string of the molecule is CCCCC[C@H](N)c1cc(C(F)(F)F)ccc1F. The van der Waals surface area contributed by atoms with Crippen molar-refractivity contribution >= 4 is 0 Å². The molecule has 0 aliphatic carbocycles. The summed E-state index contributed by atoms with van der Waals surface area (Å²) in [6, 6.07) is 1.69. The summed E-state index contributed by atoms with van der Waals surface area (Å²) in [5.74, 6) is -0.674. The molecule has 1 aromatic rings. The van der Waals surface area contributed by atoms with Gasteiger partial charge >= 0.3 is 6.18 Å². The molecule has 0 fully saturated rings. The topological polar surface area (TPSA) is 26.0 Å². The highest BCUT2D eigenvalue weighted by molar-refractivity contribution is 5.29. The van der Waals surface area contributed by atoms with Crippen molar-refractivity contribution in [1.29, 1.82) is 0 Å². The molecular weight excluding hydrogens is 246 g/mol. The molecule has 1 rings (SSSR count). The first kappa shape index (κ1) is 15.0. The molecular formula is C13H17F4N. The maximum atomic E-state index is 13.5. The first-order valence-corrected chi connectivity index (χ1v) is 5.98. The number of nitrogens with two attached hydrogens (primary N) is 1. The number of hydrogen-bond acceptors (Lipinski definition) is 1. The molecule has 0 aliphatic rings. The molecule has 18 heavy (non-hydrogen) atoms. The average molecular weight is 263 g/mol. The predicted molar refractivity (Wildman–Crippen MR) is 62.5 cm³/mol. The van der Waals surface area contributed by atoms with E-state index in [-0.39, 0.29) is 5.56 Å². The van der Waals surface area contributed by atoms with Crippen molar-refractivity contribution in [2.24, 2.45) is 5.73 Å². The summed E-state index contributed by atoms with van der Waals surface area (Å²) in [5.41, 5.74) is 4.83. The summed E-state index contributed by atoms with van der Waals surface area (Å²) >= 11 is 0. The predicted octanol–water partition coefficient (Wildman–Crippen LogP) is 4.42. The molecule has 0 aliphatic heterocycles. The Labute approximate surface area is 104 Å². The van der Waals surface area contributed by atoms with Gasteiger partial charge in [0.25, 0.3) is 0 Å². The highest BCUT2D eigenvalue weighted by Crippen LogP contribution is 2.32. The molecule has 0 saturated carbocycles. The van der Waals surface area contributed by atoms with E-state index >= 15 is 0 Å². The second-order valence-corrected chi connectivity index (χ2v) is 4.34. The van der Waals surface area contributed by atoms with Crippen LogP contribution in [0.25, 0.3) is 0 Å². The number of rotatable bonds is 5. The van der Waals surface area contributed by atoms with E-state index in [0.717, 1.165) is 37.5 Å². The van der Waals surface area contributed by atoms with E-state index in [0.29, 0.717) is 6.42 Å². The van der Waals surface area contributed by atoms with Crippen LogP contribution in [0.3, 0.4) is 0 Å². The highest BCUT2D eigenvalue weighted by Gasteiger charge is 2.31. The van der Waals surface area contributed by atoms with Crippen LogP contribution >= 0.6 is 0 Å². The zero-order chi connectivity index (χ0) is 13.8. The Morgan fingerprint density at radius 2 is 1.89 bits per heavy atom. The fourth-order valence-electron chi connectivity index (χ4n) is 1.77. The number of halogens is 4. The molecule has 0 spiro atoms. The first-order chi connectivity index (χ1) is 8.36. The Morgan fingerprint density at radius 3 is 2.44 bits per heavy atom. The lowest BCUT2D eigenvalue weighted by Gasteiger charge is -2.15. The number of benzene rings is 1. The summed E-state index contributed by atoms with van der Waals surface area (Å²) < 4.78 is 51.0. The molecule has 0 saturated heterocycles. The zero-order valence-electron chi connectivity index (χ0n) is 10.2. The van der Waals surface area contributed by atoms with Crippen molar-refractivity contribution in [2.45, 2.75) is 44.8 Å². The Morgan fingerprint density at radius 1 is 1.22 bits per heavy atom. The zero-order valence-corrected chi connectivity index (χ0v) is 10.2. The molecule has 1 nitrogen and oxygen atoms in total. The van der Waals surface area contributed by atoms with E-state index in [1.54, 1.807) is 0 Å². The molecule has 0 radical (unpaired) electrons. The summed E-state index contributed by atoms with van der Waals surface area (Å²) in [4.78, 5) is 0. The van der Waals surface area contributed by atoms with Crippen molar-refractivity contribution in [3.05, 3.63) is 35.1 Å². The highest BCUT2D eigenvalue weighted by atomic mass is 19.4. The molecule has 0 aromatic heterocycles. The van der Waals surface area contributed by atoms with Gasteiger partial charge in [-0.25, -0.2) is 4.39 Å². The Hall–Kier alpha value is -1.10. The second-order valence-electron chi connectivity index (χ2n) is 4.34. The molecule has 0 amide bonds. The van der Waals surface area contributed by atoms with Gasteiger partial charge in [0.15, 0.2) is 0 Å². The lowest BCUT2D eigenvalue weighted by molar-refractivity contribution is -0.137. The molecule has 102 valence electrons. The standard InChI is InChI=1S/C13H17F4N/c1-2-3-4-5-12(18)10-8-9(13(15,16)17)6-7-11(10)14/h6-8,12H,2-5,18H2,1H3/t12-/m0/s1. The van der Waals surface area contributed by atoms with Gasteiger partial charge < -0.3 is 5.73 Å². The molecule has 5 heteroatoms. The average Bonchev–Trinajstić information content (AvgIpc) is 2.28. The molecule has 2 N–H and O–H groups in total. The summed E-state index contributed by atoms with van der Waals surface area (Å²) in [6.45, 7) is 2.01. The third kappa shape index (κ3) is 3.98. The summed E-state index contributed by atoms with van der Waals surface area (Å²) in [5, 5.41) is 0. The van der Waals surface area contributed by atoms with Gasteiger partial charge in [0.1, 0.15) is 5.82 Å². The van der Waals surface area contributed by atoms with Gasteiger partial charge in [-0.3, -0.25) is 0 Å². The van der Waals surface area contributed by atoms with Crippen molar-refractivity contribution in [3.8, 4) is 0 Å². The number of unbranched alkanes of at least 4 members (excludes halogenated alkanes) is 2. The maximum absolute atomic E-state index is 13.5. The molecule has 0 bridgehead atoms. The van der Waals surface area contributed by atoms with E-state index in [4.69, 9.17) is 5.73 Å². The number of alkyl halides is 3. The van der Waals surface area contributed by atoms with E-state index in [9.17, 15) is 17.6 Å². The van der Waals surface area contributed by atoms with Gasteiger partial charge in [0.05, 0.1) is 5.56 Å². The fraction of sp³-hybridized carbons (Fsp3) is 0.538. The van der Waals surface area contributed by atoms with Crippen LogP contribution in [0.2, 0.25) is 0 Å². The van der Waals surface area contributed by atoms with Gasteiger partial charge in [-0.15, -0.1) is 0 Å². The quantitative estimate of drug-likeness (QED) is 0.617. The third-order valence-electron chi connectivity index (χ3n) is 2.84. The summed E-state index contributed by atoms with van der Waals surface area (Å²) in [7, 11) is 0. The van der Waals surface area contributed by atoms with Gasteiger partial charge in [-0.1, -0.05) is 26.2 Å². The van der Waals surface area contributed by atoms with E-state index in [1.807, 2.05) is 6.92 Å². The molecule has 1 atom stereocenters. The lowest BCUT2D eigenvalue weighted by Crippen LogP contribution is -2.14. The van der Waals surface area contributed by atoms with Gasteiger partial charge in [-0.05, 0) is 24.6 Å². The van der Waals surface area contributed by atoms with Crippen LogP contribution < -0.4 is 5.73 Å². The van der Waals surface area contributed by atoms with Crippen molar-refractivity contribution in [1.82, 2.24) is 0 Å². The van der Waals surface area contributed by atoms with Crippen LogP contribution in [0.1, 0.15) is 49.8 Å². The van der Waals surface area contributed by atoms with Crippen LogP contribution in [0, 0.1) is 5.82 Å². The van der Waals surface area contributed by atoms with Crippen LogP contribution in [0.5, 0.6) is 0 Å².